The molecule has 136 valence electrons. The highest BCUT2D eigenvalue weighted by Crippen LogP contribution is 2.51. The van der Waals surface area contributed by atoms with E-state index in [9.17, 15) is 0 Å². The van der Waals surface area contributed by atoms with E-state index in [0.29, 0.717) is 30.2 Å². The van der Waals surface area contributed by atoms with Gasteiger partial charge in [-0.05, 0) is 54.4 Å². The summed E-state index contributed by atoms with van der Waals surface area (Å²) in [7, 11) is 0. The molecule has 0 amide bonds. The Hall–Kier alpha value is -1.46. The summed E-state index contributed by atoms with van der Waals surface area (Å²) in [5.74, 6) is 0.444. The van der Waals surface area contributed by atoms with E-state index in [4.69, 9.17) is 33.7 Å². The minimum Gasteiger partial charge on any atom is -0.399 e. The maximum Gasteiger partial charge on any atom is 0.0794 e. The summed E-state index contributed by atoms with van der Waals surface area (Å²) in [5, 5.41) is 4.98. The topological polar surface area (TPSA) is 50.5 Å². The maximum absolute atomic E-state index is 6.58. The number of halogens is 2. The van der Waals surface area contributed by atoms with Gasteiger partial charge in [-0.15, -0.1) is 0 Å². The molecule has 0 bridgehead atoms. The molecular formula is C20H21Cl2N3O. The number of fused-ring (bicyclic) bond motifs is 3. The summed E-state index contributed by atoms with van der Waals surface area (Å²) in [6.07, 6.45) is 1.09. The van der Waals surface area contributed by atoms with Crippen molar-refractivity contribution in [1.82, 2.24) is 5.32 Å². The summed E-state index contributed by atoms with van der Waals surface area (Å²) in [5.41, 5.74) is 11.9. The van der Waals surface area contributed by atoms with Gasteiger partial charge in [-0.3, -0.25) is 0 Å². The van der Waals surface area contributed by atoms with E-state index in [1.807, 2.05) is 18.2 Å². The van der Waals surface area contributed by atoms with Gasteiger partial charge in [-0.25, -0.2) is 0 Å². The van der Waals surface area contributed by atoms with Crippen LogP contribution in [0.15, 0.2) is 30.3 Å². The Labute approximate surface area is 163 Å². The molecule has 3 N–H and O–H groups in total. The van der Waals surface area contributed by atoms with Gasteiger partial charge in [0.25, 0.3) is 0 Å². The van der Waals surface area contributed by atoms with E-state index >= 15 is 0 Å². The van der Waals surface area contributed by atoms with Crippen LogP contribution in [0.3, 0.4) is 0 Å². The maximum atomic E-state index is 6.58. The number of rotatable bonds is 1. The first-order valence-corrected chi connectivity index (χ1v) is 9.83. The third-order valence-corrected chi connectivity index (χ3v) is 6.47. The standard InChI is InChI=1S/C20H21Cl2N3O/c21-12-1-2-17(22)15(6-12)19-10-26-9-11-5-13(23)7-14-16-8-24-4-3-18(16)25(19)20(11)14/h1-2,5-7,16,18-19,24H,3-4,8-10,23H2. The number of nitrogens with zero attached hydrogens (tertiary/aromatic N) is 1. The second kappa shape index (κ2) is 6.31. The average Bonchev–Trinajstić information content (AvgIpc) is 2.83. The molecule has 5 rings (SSSR count). The van der Waals surface area contributed by atoms with Gasteiger partial charge in [0.15, 0.2) is 0 Å². The van der Waals surface area contributed by atoms with Gasteiger partial charge in [0.1, 0.15) is 0 Å². The summed E-state index contributed by atoms with van der Waals surface area (Å²) in [4.78, 5) is 2.54. The van der Waals surface area contributed by atoms with Crippen molar-refractivity contribution in [3.8, 4) is 0 Å². The van der Waals surface area contributed by atoms with Crippen molar-refractivity contribution in [2.45, 2.75) is 31.0 Å². The second-order valence-corrected chi connectivity index (χ2v) is 8.23. The molecule has 26 heavy (non-hydrogen) atoms. The fraction of sp³-hybridized carbons (Fsp3) is 0.400. The molecule has 0 radical (unpaired) electrons. The molecule has 0 spiro atoms. The third kappa shape index (κ3) is 2.51. The predicted octanol–water partition coefficient (Wildman–Crippen LogP) is 4.11. The van der Waals surface area contributed by atoms with Crippen LogP contribution in [0.25, 0.3) is 0 Å². The number of nitrogens with two attached hydrogens (primary N) is 1. The Morgan fingerprint density at radius 2 is 2.04 bits per heavy atom. The number of hydrogen-bond acceptors (Lipinski definition) is 4. The average molecular weight is 390 g/mol. The van der Waals surface area contributed by atoms with Gasteiger partial charge >= 0.3 is 0 Å². The van der Waals surface area contributed by atoms with E-state index in [-0.39, 0.29) is 6.04 Å². The molecule has 3 unspecified atom stereocenters. The van der Waals surface area contributed by atoms with Crippen LogP contribution in [0.2, 0.25) is 10.0 Å². The number of anilines is 2. The van der Waals surface area contributed by atoms with Crippen molar-refractivity contribution >= 4 is 34.6 Å². The first kappa shape index (κ1) is 16.7. The minimum absolute atomic E-state index is 0.0536. The fourth-order valence-corrected chi connectivity index (χ4v) is 5.29. The molecule has 0 aliphatic carbocycles. The lowest BCUT2D eigenvalue weighted by Crippen LogP contribution is -2.46. The minimum atomic E-state index is 0.0536. The molecule has 0 aromatic heterocycles. The molecule has 0 saturated carbocycles. The summed E-state index contributed by atoms with van der Waals surface area (Å²) in [6, 6.07) is 10.4. The largest absolute Gasteiger partial charge is 0.399 e. The Morgan fingerprint density at radius 1 is 1.15 bits per heavy atom. The summed E-state index contributed by atoms with van der Waals surface area (Å²) in [6.45, 7) is 3.16. The summed E-state index contributed by atoms with van der Waals surface area (Å²) < 4.78 is 6.06. The van der Waals surface area contributed by atoms with Gasteiger partial charge < -0.3 is 20.7 Å². The Kier molecular flexibility index (Phi) is 4.05. The van der Waals surface area contributed by atoms with Crippen LogP contribution >= 0.6 is 23.2 Å². The molecule has 3 aliphatic heterocycles. The molecule has 3 aliphatic rings. The highest BCUT2D eigenvalue weighted by molar-refractivity contribution is 6.33. The van der Waals surface area contributed by atoms with E-state index < -0.39 is 0 Å². The van der Waals surface area contributed by atoms with Gasteiger partial charge in [-0.2, -0.15) is 0 Å². The molecule has 6 heteroatoms. The van der Waals surface area contributed by atoms with Crippen LogP contribution in [-0.4, -0.2) is 25.7 Å². The van der Waals surface area contributed by atoms with E-state index in [1.165, 1.54) is 16.8 Å². The van der Waals surface area contributed by atoms with Crippen LogP contribution in [-0.2, 0) is 11.3 Å². The number of ether oxygens (including phenoxy) is 1. The number of nitrogens with one attached hydrogen (secondary N) is 1. The fourth-order valence-electron chi connectivity index (χ4n) is 4.87. The predicted molar refractivity (Wildman–Crippen MR) is 106 cm³/mol. The Balaban J connectivity index is 1.70. The van der Waals surface area contributed by atoms with Gasteiger partial charge in [0.05, 0.1) is 19.3 Å². The van der Waals surface area contributed by atoms with Crippen molar-refractivity contribution < 1.29 is 4.74 Å². The van der Waals surface area contributed by atoms with Crippen LogP contribution in [0.5, 0.6) is 0 Å². The summed E-state index contributed by atoms with van der Waals surface area (Å²) >= 11 is 12.9. The third-order valence-electron chi connectivity index (χ3n) is 5.89. The first-order valence-electron chi connectivity index (χ1n) is 9.07. The normalized spacial score (nSPS) is 27.0. The van der Waals surface area contributed by atoms with Crippen LogP contribution < -0.4 is 16.0 Å². The lowest BCUT2D eigenvalue weighted by molar-refractivity contribution is 0.109. The number of nitrogen functional groups attached to an aromatic ring is 1. The van der Waals surface area contributed by atoms with Gasteiger partial charge in [0.2, 0.25) is 0 Å². The molecule has 4 nitrogen and oxygen atoms in total. The SMILES string of the molecule is Nc1cc2c3c(c1)C1CNCCC1N3C(c1cc(Cl)ccc1Cl)COC2. The zero-order valence-electron chi connectivity index (χ0n) is 14.3. The molecular weight excluding hydrogens is 369 g/mol. The smallest absolute Gasteiger partial charge is 0.0794 e. The Morgan fingerprint density at radius 3 is 2.92 bits per heavy atom. The molecule has 1 fully saturated rings. The highest BCUT2D eigenvalue weighted by atomic mass is 35.5. The van der Waals surface area contributed by atoms with Crippen molar-refractivity contribution in [3.63, 3.8) is 0 Å². The Bertz CT molecular complexity index is 872. The van der Waals surface area contributed by atoms with E-state index in [1.54, 1.807) is 0 Å². The zero-order valence-corrected chi connectivity index (χ0v) is 15.9. The molecule has 2 aromatic carbocycles. The molecule has 3 heterocycles. The van der Waals surface area contributed by atoms with Crippen molar-refractivity contribution in [2.24, 2.45) is 0 Å². The van der Waals surface area contributed by atoms with Crippen LogP contribution in [0.1, 0.15) is 35.1 Å². The number of piperidine rings is 1. The van der Waals surface area contributed by atoms with E-state index in [2.05, 4.69) is 22.3 Å². The highest BCUT2D eigenvalue weighted by Gasteiger charge is 2.45. The van der Waals surface area contributed by atoms with Crippen molar-refractivity contribution in [3.05, 3.63) is 57.1 Å². The monoisotopic (exact) mass is 389 g/mol. The van der Waals surface area contributed by atoms with Crippen molar-refractivity contribution in [2.75, 3.05) is 30.3 Å². The quantitative estimate of drug-likeness (QED) is 0.720. The van der Waals surface area contributed by atoms with Crippen LogP contribution in [0, 0.1) is 0 Å². The second-order valence-electron chi connectivity index (χ2n) is 7.39. The van der Waals surface area contributed by atoms with Crippen molar-refractivity contribution in [1.29, 1.82) is 0 Å². The number of benzene rings is 2. The first-order chi connectivity index (χ1) is 12.6. The zero-order chi connectivity index (χ0) is 17.8. The molecule has 2 aromatic rings. The lowest BCUT2D eigenvalue weighted by Gasteiger charge is -2.39. The lowest BCUT2D eigenvalue weighted by atomic mass is 9.89. The van der Waals surface area contributed by atoms with Gasteiger partial charge in [-0.1, -0.05) is 23.2 Å². The number of hydrogen-bond donors (Lipinski definition) is 2. The van der Waals surface area contributed by atoms with E-state index in [0.717, 1.165) is 35.8 Å². The van der Waals surface area contributed by atoms with Crippen LogP contribution in [0.4, 0.5) is 11.4 Å². The van der Waals surface area contributed by atoms with Gasteiger partial charge in [0, 0.05) is 45.5 Å². The molecule has 3 atom stereocenters. The molecule has 1 saturated heterocycles.